The second-order valence-corrected chi connectivity index (χ2v) is 6.89. The van der Waals surface area contributed by atoms with E-state index in [1.807, 2.05) is 18.2 Å². The molecule has 3 nitrogen and oxygen atoms in total. The second kappa shape index (κ2) is 8.25. The molecular formula is C25H17F2NO2. The zero-order chi connectivity index (χ0) is 21.1. The second-order valence-electron chi connectivity index (χ2n) is 6.89. The van der Waals surface area contributed by atoms with E-state index in [9.17, 15) is 13.6 Å². The van der Waals surface area contributed by atoms with Crippen LogP contribution in [0.1, 0.15) is 21.6 Å². The standard InChI is InChI=1S/C25H17F2NO2/c26-20-9-5-17(6-10-20)22-3-1-2-19(24(22)18-7-11-21(27)12-8-18)14-16-4-13-23(25(29)30)28-15-16/h1-13,15H,14H2,(H,29,30). The molecule has 0 aliphatic carbocycles. The third kappa shape index (κ3) is 4.10. The highest BCUT2D eigenvalue weighted by Gasteiger charge is 2.14. The van der Waals surface area contributed by atoms with E-state index in [-0.39, 0.29) is 17.3 Å². The fourth-order valence-corrected chi connectivity index (χ4v) is 3.45. The molecule has 0 saturated heterocycles. The lowest BCUT2D eigenvalue weighted by Crippen LogP contribution is -2.01. The molecule has 1 N–H and O–H groups in total. The molecule has 0 fully saturated rings. The zero-order valence-electron chi connectivity index (χ0n) is 15.8. The van der Waals surface area contributed by atoms with Crippen LogP contribution in [-0.4, -0.2) is 16.1 Å². The Kier molecular flexibility index (Phi) is 5.35. The normalized spacial score (nSPS) is 10.7. The summed E-state index contributed by atoms with van der Waals surface area (Å²) in [6.45, 7) is 0. The predicted molar refractivity (Wildman–Crippen MR) is 111 cm³/mol. The Balaban J connectivity index is 1.83. The number of aromatic nitrogens is 1. The van der Waals surface area contributed by atoms with E-state index in [2.05, 4.69) is 4.98 Å². The maximum Gasteiger partial charge on any atom is 0.354 e. The van der Waals surface area contributed by atoms with Crippen molar-refractivity contribution >= 4 is 5.97 Å². The van der Waals surface area contributed by atoms with E-state index in [0.717, 1.165) is 33.4 Å². The fourth-order valence-electron chi connectivity index (χ4n) is 3.45. The third-order valence-electron chi connectivity index (χ3n) is 4.88. The van der Waals surface area contributed by atoms with Crippen molar-refractivity contribution in [3.63, 3.8) is 0 Å². The molecule has 0 radical (unpaired) electrons. The van der Waals surface area contributed by atoms with Crippen LogP contribution in [0, 0.1) is 11.6 Å². The van der Waals surface area contributed by atoms with E-state index >= 15 is 0 Å². The van der Waals surface area contributed by atoms with Gasteiger partial charge in [-0.15, -0.1) is 0 Å². The summed E-state index contributed by atoms with van der Waals surface area (Å²) in [6, 6.07) is 21.5. The van der Waals surface area contributed by atoms with Gasteiger partial charge in [-0.2, -0.15) is 0 Å². The number of benzene rings is 3. The molecule has 4 aromatic rings. The molecule has 0 aliphatic rings. The molecule has 3 aromatic carbocycles. The fraction of sp³-hybridized carbons (Fsp3) is 0.0400. The molecule has 0 saturated carbocycles. The van der Waals surface area contributed by atoms with Crippen molar-refractivity contribution in [1.82, 2.24) is 4.98 Å². The van der Waals surface area contributed by atoms with Crippen molar-refractivity contribution < 1.29 is 18.7 Å². The summed E-state index contributed by atoms with van der Waals surface area (Å²) < 4.78 is 27.0. The van der Waals surface area contributed by atoms with Crippen molar-refractivity contribution in [2.45, 2.75) is 6.42 Å². The van der Waals surface area contributed by atoms with Gasteiger partial charge in [0.2, 0.25) is 0 Å². The molecule has 0 aliphatic heterocycles. The van der Waals surface area contributed by atoms with E-state index < -0.39 is 5.97 Å². The third-order valence-corrected chi connectivity index (χ3v) is 4.88. The lowest BCUT2D eigenvalue weighted by molar-refractivity contribution is 0.0690. The van der Waals surface area contributed by atoms with Gasteiger partial charge in [0, 0.05) is 6.20 Å². The van der Waals surface area contributed by atoms with Gasteiger partial charge in [-0.1, -0.05) is 48.5 Å². The molecular weight excluding hydrogens is 384 g/mol. The SMILES string of the molecule is O=C(O)c1ccc(Cc2cccc(-c3ccc(F)cc3)c2-c2ccc(F)cc2)cn1. The number of halogens is 2. The van der Waals surface area contributed by atoms with Gasteiger partial charge in [0.05, 0.1) is 0 Å². The highest BCUT2D eigenvalue weighted by atomic mass is 19.1. The monoisotopic (exact) mass is 401 g/mol. The van der Waals surface area contributed by atoms with Gasteiger partial charge in [0.15, 0.2) is 0 Å². The first-order valence-electron chi connectivity index (χ1n) is 9.33. The topological polar surface area (TPSA) is 50.2 Å². The highest BCUT2D eigenvalue weighted by Crippen LogP contribution is 2.36. The quantitative estimate of drug-likeness (QED) is 0.447. The molecule has 1 aromatic heterocycles. The van der Waals surface area contributed by atoms with Gasteiger partial charge in [0.1, 0.15) is 17.3 Å². The Morgan fingerprint density at radius 2 is 1.43 bits per heavy atom. The number of nitrogens with zero attached hydrogens (tertiary/aromatic N) is 1. The van der Waals surface area contributed by atoms with Crippen LogP contribution in [0.4, 0.5) is 8.78 Å². The first kappa shape index (κ1) is 19.5. The largest absolute Gasteiger partial charge is 0.477 e. The Labute approximate surface area is 172 Å². The number of carboxylic acid groups (broad SMARTS) is 1. The van der Waals surface area contributed by atoms with E-state index in [4.69, 9.17) is 5.11 Å². The number of carbonyl (C=O) groups is 1. The summed E-state index contributed by atoms with van der Waals surface area (Å²) in [7, 11) is 0. The summed E-state index contributed by atoms with van der Waals surface area (Å²) in [5, 5.41) is 9.04. The average Bonchev–Trinajstić information content (AvgIpc) is 2.75. The maximum atomic E-state index is 13.5. The minimum absolute atomic E-state index is 0.0161. The highest BCUT2D eigenvalue weighted by molar-refractivity contribution is 5.86. The summed E-state index contributed by atoms with van der Waals surface area (Å²) in [5.74, 6) is -1.72. The Hall–Kier alpha value is -3.86. The number of rotatable bonds is 5. The number of hydrogen-bond donors (Lipinski definition) is 1. The van der Waals surface area contributed by atoms with E-state index in [1.165, 1.54) is 30.3 Å². The van der Waals surface area contributed by atoms with Crippen molar-refractivity contribution in [2.24, 2.45) is 0 Å². The van der Waals surface area contributed by atoms with Crippen LogP contribution in [0.25, 0.3) is 22.3 Å². The van der Waals surface area contributed by atoms with Crippen LogP contribution in [0.2, 0.25) is 0 Å². The van der Waals surface area contributed by atoms with Gasteiger partial charge < -0.3 is 5.11 Å². The molecule has 5 heteroatoms. The van der Waals surface area contributed by atoms with Crippen LogP contribution in [0.3, 0.4) is 0 Å². The lowest BCUT2D eigenvalue weighted by Gasteiger charge is -2.16. The first-order valence-corrected chi connectivity index (χ1v) is 9.33. The number of hydrogen-bond acceptors (Lipinski definition) is 2. The predicted octanol–water partition coefficient (Wildman–Crippen LogP) is 5.98. The first-order chi connectivity index (χ1) is 14.5. The van der Waals surface area contributed by atoms with E-state index in [0.29, 0.717) is 6.42 Å². The smallest absolute Gasteiger partial charge is 0.354 e. The van der Waals surface area contributed by atoms with Crippen molar-refractivity contribution in [3.05, 3.63) is 114 Å². The number of aromatic carboxylic acids is 1. The summed E-state index contributed by atoms with van der Waals surface area (Å²) in [4.78, 5) is 15.0. The van der Waals surface area contributed by atoms with Crippen molar-refractivity contribution in [1.29, 1.82) is 0 Å². The molecule has 4 rings (SSSR count). The Bertz CT molecular complexity index is 1190. The van der Waals surface area contributed by atoms with Gasteiger partial charge >= 0.3 is 5.97 Å². The lowest BCUT2D eigenvalue weighted by atomic mass is 9.88. The van der Waals surface area contributed by atoms with Crippen molar-refractivity contribution in [2.75, 3.05) is 0 Å². The van der Waals surface area contributed by atoms with Gasteiger partial charge in [-0.25, -0.2) is 18.6 Å². The van der Waals surface area contributed by atoms with E-state index in [1.54, 1.807) is 36.5 Å². The summed E-state index contributed by atoms with van der Waals surface area (Å²) >= 11 is 0. The molecule has 0 unspecified atom stereocenters. The molecule has 0 spiro atoms. The van der Waals surface area contributed by atoms with Crippen LogP contribution >= 0.6 is 0 Å². The zero-order valence-corrected chi connectivity index (χ0v) is 15.8. The molecule has 148 valence electrons. The Morgan fingerprint density at radius 1 is 0.800 bits per heavy atom. The van der Waals surface area contributed by atoms with Crippen LogP contribution in [0.15, 0.2) is 85.1 Å². The minimum Gasteiger partial charge on any atom is -0.477 e. The number of carboxylic acids is 1. The van der Waals surface area contributed by atoms with Crippen LogP contribution < -0.4 is 0 Å². The Morgan fingerprint density at radius 3 is 2.00 bits per heavy atom. The summed E-state index contributed by atoms with van der Waals surface area (Å²) in [6.07, 6.45) is 2.05. The molecule has 1 heterocycles. The van der Waals surface area contributed by atoms with Crippen LogP contribution in [0.5, 0.6) is 0 Å². The number of pyridine rings is 1. The van der Waals surface area contributed by atoms with Crippen LogP contribution in [-0.2, 0) is 6.42 Å². The maximum absolute atomic E-state index is 13.5. The van der Waals surface area contributed by atoms with Gasteiger partial charge in [0.25, 0.3) is 0 Å². The minimum atomic E-state index is -1.08. The molecule has 0 amide bonds. The summed E-state index contributed by atoms with van der Waals surface area (Å²) in [5.41, 5.74) is 5.28. The molecule has 0 bridgehead atoms. The molecule has 30 heavy (non-hydrogen) atoms. The van der Waals surface area contributed by atoms with Gasteiger partial charge in [-0.05, 0) is 70.1 Å². The van der Waals surface area contributed by atoms with Gasteiger partial charge in [-0.3, -0.25) is 0 Å². The van der Waals surface area contributed by atoms with Crippen molar-refractivity contribution in [3.8, 4) is 22.3 Å². The molecule has 0 atom stereocenters. The average molecular weight is 401 g/mol.